The Morgan fingerprint density at radius 2 is 1.93 bits per heavy atom. The second-order valence-electron chi connectivity index (χ2n) is 6.74. The van der Waals surface area contributed by atoms with Crippen LogP contribution in [0.4, 0.5) is 5.82 Å². The summed E-state index contributed by atoms with van der Waals surface area (Å²) < 4.78 is 26.7. The molecule has 0 radical (unpaired) electrons. The number of hydrogen-bond donors (Lipinski definition) is 1. The first kappa shape index (κ1) is 18.0. The number of aromatic amines is 1. The highest BCUT2D eigenvalue weighted by Crippen LogP contribution is 2.29. The molecule has 3 aromatic rings. The third-order valence-corrected chi connectivity index (χ3v) is 7.30. The van der Waals surface area contributed by atoms with Gasteiger partial charge in [-0.05, 0) is 18.2 Å². The summed E-state index contributed by atoms with van der Waals surface area (Å²) in [7, 11) is -3.47. The van der Waals surface area contributed by atoms with Crippen molar-refractivity contribution in [1.29, 1.82) is 0 Å². The summed E-state index contributed by atoms with van der Waals surface area (Å²) in [4.78, 5) is 10.4. The number of benzene rings is 1. The summed E-state index contributed by atoms with van der Waals surface area (Å²) in [6, 6.07) is 11.8. The Morgan fingerprint density at radius 1 is 1.15 bits per heavy atom. The number of rotatable bonds is 5. The van der Waals surface area contributed by atoms with Gasteiger partial charge in [0.1, 0.15) is 10.7 Å². The van der Waals surface area contributed by atoms with Crippen LogP contribution in [0, 0.1) is 0 Å². The lowest BCUT2D eigenvalue weighted by atomic mass is 10.0. The SMILES string of the molecule is CCN(CC)S(=O)(=O)c1ccc(N2CCc3[nH]c4ccccc4c3C2)nc1. The standard InChI is InChI=1S/C20H24N4O2S/c1-3-24(4-2)27(25,26)15-9-10-20(21-13-15)23-12-11-19-17(14-23)16-7-5-6-8-18(16)22-19/h5-10,13,22H,3-4,11-12,14H2,1-2H3. The Hall–Kier alpha value is -2.38. The fourth-order valence-corrected chi connectivity index (χ4v) is 5.19. The van der Waals surface area contributed by atoms with E-state index in [2.05, 4.69) is 33.1 Å². The molecule has 0 unspecified atom stereocenters. The lowest BCUT2D eigenvalue weighted by molar-refractivity contribution is 0.445. The van der Waals surface area contributed by atoms with Gasteiger partial charge in [-0.3, -0.25) is 0 Å². The van der Waals surface area contributed by atoms with Crippen LogP contribution in [0.5, 0.6) is 0 Å². The van der Waals surface area contributed by atoms with Crippen molar-refractivity contribution in [2.75, 3.05) is 24.5 Å². The van der Waals surface area contributed by atoms with Gasteiger partial charge in [-0.25, -0.2) is 13.4 Å². The Bertz CT molecular complexity index is 1050. The van der Waals surface area contributed by atoms with Gasteiger partial charge in [-0.2, -0.15) is 4.31 Å². The first-order valence-electron chi connectivity index (χ1n) is 9.34. The normalized spacial score (nSPS) is 14.7. The largest absolute Gasteiger partial charge is 0.358 e. The molecule has 0 atom stereocenters. The highest BCUT2D eigenvalue weighted by Gasteiger charge is 2.24. The molecule has 0 aliphatic carbocycles. The minimum absolute atomic E-state index is 0.250. The van der Waals surface area contributed by atoms with Crippen molar-refractivity contribution < 1.29 is 8.42 Å². The topological polar surface area (TPSA) is 69.3 Å². The van der Waals surface area contributed by atoms with Crippen LogP contribution < -0.4 is 4.90 Å². The van der Waals surface area contributed by atoms with Gasteiger partial charge in [0.05, 0.1) is 0 Å². The second kappa shape index (κ2) is 6.98. The molecule has 1 aliphatic rings. The summed E-state index contributed by atoms with van der Waals surface area (Å²) in [6.45, 7) is 6.22. The van der Waals surface area contributed by atoms with Crippen LogP contribution in [-0.4, -0.2) is 42.3 Å². The molecule has 4 rings (SSSR count). The molecular weight excluding hydrogens is 360 g/mol. The quantitative estimate of drug-likeness (QED) is 0.734. The van der Waals surface area contributed by atoms with Crippen LogP contribution >= 0.6 is 0 Å². The molecule has 7 heteroatoms. The highest BCUT2D eigenvalue weighted by molar-refractivity contribution is 7.89. The number of nitrogens with zero attached hydrogens (tertiary/aromatic N) is 3. The molecule has 2 aromatic heterocycles. The lowest BCUT2D eigenvalue weighted by Gasteiger charge is -2.28. The molecule has 0 bridgehead atoms. The Morgan fingerprint density at radius 3 is 2.63 bits per heavy atom. The smallest absolute Gasteiger partial charge is 0.244 e. The molecule has 0 spiro atoms. The molecule has 27 heavy (non-hydrogen) atoms. The molecule has 1 aromatic carbocycles. The Labute approximate surface area is 159 Å². The van der Waals surface area contributed by atoms with Gasteiger partial charge < -0.3 is 9.88 Å². The molecule has 142 valence electrons. The van der Waals surface area contributed by atoms with E-state index in [0.717, 1.165) is 30.8 Å². The molecule has 6 nitrogen and oxygen atoms in total. The van der Waals surface area contributed by atoms with Crippen molar-refractivity contribution in [2.24, 2.45) is 0 Å². The molecule has 0 fully saturated rings. The summed E-state index contributed by atoms with van der Waals surface area (Å²) in [5.74, 6) is 0.810. The monoisotopic (exact) mass is 384 g/mol. The zero-order chi connectivity index (χ0) is 19.0. The summed E-state index contributed by atoms with van der Waals surface area (Å²) in [5, 5.41) is 1.25. The van der Waals surface area contributed by atoms with Crippen molar-refractivity contribution in [3.8, 4) is 0 Å². The zero-order valence-corrected chi connectivity index (χ0v) is 16.5. The van der Waals surface area contributed by atoms with Gasteiger partial charge in [0.2, 0.25) is 10.0 Å². The fraction of sp³-hybridized carbons (Fsp3) is 0.350. The van der Waals surface area contributed by atoms with Gasteiger partial charge in [0.25, 0.3) is 0 Å². The van der Waals surface area contributed by atoms with E-state index < -0.39 is 10.0 Å². The zero-order valence-electron chi connectivity index (χ0n) is 15.6. The van der Waals surface area contributed by atoms with Gasteiger partial charge in [-0.15, -0.1) is 0 Å². The van der Waals surface area contributed by atoms with Gasteiger partial charge in [-0.1, -0.05) is 32.0 Å². The predicted molar refractivity (Wildman–Crippen MR) is 107 cm³/mol. The number of hydrogen-bond acceptors (Lipinski definition) is 4. The van der Waals surface area contributed by atoms with E-state index in [1.165, 1.54) is 27.1 Å². The Kier molecular flexibility index (Phi) is 4.65. The van der Waals surface area contributed by atoms with E-state index in [0.29, 0.717) is 13.1 Å². The first-order chi connectivity index (χ1) is 13.0. The second-order valence-corrected chi connectivity index (χ2v) is 8.68. The third kappa shape index (κ3) is 3.11. The fourth-order valence-electron chi connectivity index (χ4n) is 3.79. The van der Waals surface area contributed by atoms with Crippen molar-refractivity contribution in [1.82, 2.24) is 14.3 Å². The van der Waals surface area contributed by atoms with Crippen LogP contribution in [-0.2, 0) is 23.0 Å². The maximum Gasteiger partial charge on any atom is 0.244 e. The summed E-state index contributed by atoms with van der Waals surface area (Å²) >= 11 is 0. The third-order valence-electron chi connectivity index (χ3n) is 5.27. The van der Waals surface area contributed by atoms with Crippen LogP contribution in [0.2, 0.25) is 0 Å². The first-order valence-corrected chi connectivity index (χ1v) is 10.8. The van der Waals surface area contributed by atoms with Crippen molar-refractivity contribution in [3.05, 3.63) is 53.9 Å². The Balaban J connectivity index is 1.60. The van der Waals surface area contributed by atoms with Crippen molar-refractivity contribution in [2.45, 2.75) is 31.7 Å². The van der Waals surface area contributed by atoms with Crippen molar-refractivity contribution in [3.63, 3.8) is 0 Å². The van der Waals surface area contributed by atoms with Crippen LogP contribution in [0.25, 0.3) is 10.9 Å². The van der Waals surface area contributed by atoms with E-state index in [4.69, 9.17) is 0 Å². The maximum atomic E-state index is 12.6. The molecule has 0 saturated heterocycles. The van der Waals surface area contributed by atoms with E-state index in [-0.39, 0.29) is 4.90 Å². The molecule has 3 heterocycles. The average molecular weight is 385 g/mol. The van der Waals surface area contributed by atoms with Gasteiger partial charge >= 0.3 is 0 Å². The number of pyridine rings is 1. The molecular formula is C20H24N4O2S. The predicted octanol–water partition coefficient (Wildman–Crippen LogP) is 3.16. The number of fused-ring (bicyclic) bond motifs is 3. The maximum absolute atomic E-state index is 12.6. The number of H-pyrrole nitrogens is 1. The minimum atomic E-state index is -3.47. The van der Waals surface area contributed by atoms with Gasteiger partial charge in [0.15, 0.2) is 0 Å². The molecule has 1 aliphatic heterocycles. The highest BCUT2D eigenvalue weighted by atomic mass is 32.2. The number of anilines is 1. The number of nitrogens with one attached hydrogen (secondary N) is 1. The van der Waals surface area contributed by atoms with E-state index in [1.54, 1.807) is 6.07 Å². The molecule has 0 saturated carbocycles. The van der Waals surface area contributed by atoms with E-state index >= 15 is 0 Å². The lowest BCUT2D eigenvalue weighted by Crippen LogP contribution is -2.32. The van der Waals surface area contributed by atoms with Crippen molar-refractivity contribution >= 4 is 26.7 Å². The molecule has 1 N–H and O–H groups in total. The van der Waals surface area contributed by atoms with Crippen LogP contribution in [0.1, 0.15) is 25.1 Å². The summed E-state index contributed by atoms with van der Waals surface area (Å²) in [5.41, 5.74) is 3.75. The number of sulfonamides is 1. The van der Waals surface area contributed by atoms with Crippen LogP contribution in [0.15, 0.2) is 47.5 Å². The van der Waals surface area contributed by atoms with E-state index in [9.17, 15) is 8.42 Å². The van der Waals surface area contributed by atoms with Crippen LogP contribution in [0.3, 0.4) is 0 Å². The van der Waals surface area contributed by atoms with E-state index in [1.807, 2.05) is 26.0 Å². The number of aromatic nitrogens is 2. The number of para-hydroxylation sites is 1. The average Bonchev–Trinajstić information content (AvgIpc) is 3.07. The minimum Gasteiger partial charge on any atom is -0.358 e. The molecule has 0 amide bonds. The summed E-state index contributed by atoms with van der Waals surface area (Å²) in [6.07, 6.45) is 2.40. The van der Waals surface area contributed by atoms with Gasteiger partial charge in [0, 0.05) is 61.0 Å².